The van der Waals surface area contributed by atoms with Gasteiger partial charge in [-0.15, -0.1) is 0 Å². The summed E-state index contributed by atoms with van der Waals surface area (Å²) < 4.78 is 0. The lowest BCUT2D eigenvalue weighted by molar-refractivity contribution is -0.130. The van der Waals surface area contributed by atoms with Crippen LogP contribution in [0.1, 0.15) is 69.2 Å². The van der Waals surface area contributed by atoms with Crippen molar-refractivity contribution in [1.82, 2.24) is 10.6 Å². The molecule has 8 amide bonds. The van der Waals surface area contributed by atoms with Crippen molar-refractivity contribution < 1.29 is 38.7 Å². The Labute approximate surface area is 447 Å². The lowest BCUT2D eigenvalue weighted by Gasteiger charge is -2.57. The number of rotatable bonds is 12. The number of carboxylic acids is 1. The average molecular weight is 1040 g/mol. The minimum atomic E-state index is -1.50. The number of carboxylic acid groups (broad SMARTS) is 1. The van der Waals surface area contributed by atoms with Gasteiger partial charge in [0.15, 0.2) is 12.1 Å². The van der Waals surface area contributed by atoms with E-state index in [0.717, 1.165) is 25.7 Å². The largest absolute Gasteiger partial charge is 0.478 e. The lowest BCUT2D eigenvalue weighted by Crippen LogP contribution is -2.58. The van der Waals surface area contributed by atoms with Crippen LogP contribution in [0.3, 0.4) is 0 Å². The number of hydrogen-bond donors (Lipinski definition) is 5. The zero-order valence-electron chi connectivity index (χ0n) is 43.0. The van der Waals surface area contributed by atoms with Gasteiger partial charge in [0, 0.05) is 35.8 Å². The second kappa shape index (κ2) is 22.2. The summed E-state index contributed by atoms with van der Waals surface area (Å²) in [5.74, 6) is -0.718. The molecule has 5 N–H and O–H groups in total. The number of nitrogens with one attached hydrogen (secondary N) is 4. The molecule has 0 spiro atoms. The highest BCUT2D eigenvalue weighted by Gasteiger charge is 2.53. The van der Waals surface area contributed by atoms with Crippen molar-refractivity contribution in [2.75, 3.05) is 43.3 Å². The minimum Gasteiger partial charge on any atom is -0.478 e. The fraction of sp³-hybridized carbons (Fsp3) is 0.295. The molecule has 16 nitrogen and oxygen atoms in total. The monoisotopic (exact) mass is 1030 g/mol. The van der Waals surface area contributed by atoms with E-state index in [1.54, 1.807) is 40.1 Å². The molecule has 0 radical (unpaired) electrons. The molecule has 6 aliphatic rings. The van der Waals surface area contributed by atoms with Crippen LogP contribution >= 0.6 is 0 Å². The van der Waals surface area contributed by atoms with E-state index in [-0.39, 0.29) is 16.7 Å². The Balaban J connectivity index is 0.000000180. The van der Waals surface area contributed by atoms with Gasteiger partial charge in [0.1, 0.15) is 0 Å². The number of urea groups is 2. The predicted octanol–water partition coefficient (Wildman–Crippen LogP) is 10.7. The van der Waals surface area contributed by atoms with E-state index in [1.165, 1.54) is 47.3 Å². The molecule has 6 aromatic carbocycles. The molecular formula is C61H62N8O8. The summed E-state index contributed by atoms with van der Waals surface area (Å²) >= 11 is 0. The zero-order chi connectivity index (χ0) is 53.8. The standard InChI is InChI=1S/C34H34N4O5.C27H28N4O3/c39-30-29(36-33(43)35-25-8-6-7-24(16-25)32(41)42)31(40)38(26-9-2-1-3-10-26)28-12-5-4-11-27(28)37(30)20-34-17-21-13-22(18-34)15-23(14-21)19-34;1-19(2)17-18-30-22-15-9-10-16-23(22)31(21-13-7-4-8-14-21)26(33)24(25(30)32)29-27(34)28-20-11-5-3-6-12-20/h1-12,16,21-23,29H,13-15,17-20H2,(H,41,42)(H2,35,36,43);3-16,19,24H,17-18H2,1-2H3,(H2,28,29,34). The number of carbonyl (C=O) groups excluding carboxylic acids is 6. The van der Waals surface area contributed by atoms with Gasteiger partial charge in [0.25, 0.3) is 23.6 Å². The average Bonchev–Trinajstić information content (AvgIpc) is 3.55. The highest BCUT2D eigenvalue weighted by Crippen LogP contribution is 2.60. The van der Waals surface area contributed by atoms with Crippen molar-refractivity contribution in [3.8, 4) is 0 Å². The summed E-state index contributed by atoms with van der Waals surface area (Å²) in [6.45, 7) is 5.10. The highest BCUT2D eigenvalue weighted by atomic mass is 16.4. The van der Waals surface area contributed by atoms with Crippen LogP contribution in [-0.2, 0) is 19.2 Å². The van der Waals surface area contributed by atoms with Crippen LogP contribution in [0.15, 0.2) is 164 Å². The van der Waals surface area contributed by atoms with Crippen molar-refractivity contribution >= 4 is 87.2 Å². The molecule has 0 saturated heterocycles. The molecule has 2 aliphatic heterocycles. The Morgan fingerprint density at radius 1 is 0.519 bits per heavy atom. The number of hydrogen-bond acceptors (Lipinski definition) is 7. The molecule has 4 bridgehead atoms. The Morgan fingerprint density at radius 3 is 1.42 bits per heavy atom. The number of para-hydroxylation sites is 7. The van der Waals surface area contributed by atoms with E-state index in [2.05, 4.69) is 35.1 Å². The van der Waals surface area contributed by atoms with Crippen molar-refractivity contribution in [1.29, 1.82) is 0 Å². The Kier molecular flexibility index (Phi) is 14.9. The summed E-state index contributed by atoms with van der Waals surface area (Å²) in [5.41, 5.74) is 4.49. The number of carbonyl (C=O) groups is 7. The molecular weight excluding hydrogens is 973 g/mol. The van der Waals surface area contributed by atoms with Crippen LogP contribution < -0.4 is 40.9 Å². The van der Waals surface area contributed by atoms with Gasteiger partial charge in [-0.25, -0.2) is 14.4 Å². The second-order valence-corrected chi connectivity index (χ2v) is 21.3. The van der Waals surface area contributed by atoms with E-state index in [1.807, 2.05) is 115 Å². The zero-order valence-corrected chi connectivity index (χ0v) is 43.0. The van der Waals surface area contributed by atoms with Crippen LogP contribution in [0.2, 0.25) is 0 Å². The molecule has 4 saturated carbocycles. The normalized spacial score (nSPS) is 22.2. The molecule has 4 aliphatic carbocycles. The lowest BCUT2D eigenvalue weighted by atomic mass is 9.49. The van der Waals surface area contributed by atoms with Crippen molar-refractivity contribution in [3.63, 3.8) is 0 Å². The van der Waals surface area contributed by atoms with Crippen LogP contribution in [0, 0.1) is 29.1 Å². The van der Waals surface area contributed by atoms with E-state index >= 15 is 0 Å². The molecule has 2 atom stereocenters. The minimum absolute atomic E-state index is 0.00636. The van der Waals surface area contributed by atoms with E-state index < -0.39 is 53.7 Å². The van der Waals surface area contributed by atoms with Gasteiger partial charge in [-0.3, -0.25) is 29.0 Å². The van der Waals surface area contributed by atoms with E-state index in [9.17, 15) is 38.7 Å². The maximum absolute atomic E-state index is 14.5. The molecule has 4 fully saturated rings. The number of benzene rings is 6. The first-order valence-electron chi connectivity index (χ1n) is 26.4. The van der Waals surface area contributed by atoms with Gasteiger partial charge in [-0.05, 0) is 153 Å². The van der Waals surface area contributed by atoms with Crippen LogP contribution in [-0.4, -0.2) is 71.9 Å². The SMILES string of the molecule is CC(C)CCN1C(=O)C(NC(=O)Nc2ccccc2)C(=O)N(c2ccccc2)c2ccccc21.O=C(Nc1cccc(C(=O)O)c1)NC1C(=O)N(CC23CC4CC(CC(C4)C2)C3)c2ccccc2N(c2ccccc2)C1=O. The summed E-state index contributed by atoms with van der Waals surface area (Å²) in [5, 5.41) is 19.9. The van der Waals surface area contributed by atoms with E-state index in [4.69, 9.17) is 0 Å². The molecule has 2 heterocycles. The van der Waals surface area contributed by atoms with Gasteiger partial charge in [-0.2, -0.15) is 0 Å². The topological polar surface area (TPSA) is 201 Å². The summed E-state index contributed by atoms with van der Waals surface area (Å²) in [7, 11) is 0. The molecule has 2 unspecified atom stereocenters. The Morgan fingerprint density at radius 2 is 0.935 bits per heavy atom. The summed E-state index contributed by atoms with van der Waals surface area (Å²) in [4.78, 5) is 100. The van der Waals surface area contributed by atoms with E-state index in [0.29, 0.717) is 76.6 Å². The van der Waals surface area contributed by atoms with Crippen LogP contribution in [0.4, 0.5) is 55.1 Å². The fourth-order valence-corrected chi connectivity index (χ4v) is 12.4. The van der Waals surface area contributed by atoms with Crippen molar-refractivity contribution in [2.24, 2.45) is 29.1 Å². The van der Waals surface area contributed by atoms with Gasteiger partial charge in [0.2, 0.25) is 0 Å². The van der Waals surface area contributed by atoms with Gasteiger partial charge >= 0.3 is 18.0 Å². The van der Waals surface area contributed by atoms with Gasteiger partial charge < -0.3 is 36.2 Å². The number of fused-ring (bicyclic) bond motifs is 2. The predicted molar refractivity (Wildman–Crippen MR) is 297 cm³/mol. The van der Waals surface area contributed by atoms with Gasteiger partial charge in [0.05, 0.1) is 28.3 Å². The third kappa shape index (κ3) is 11.1. The molecule has 0 aromatic heterocycles. The Bertz CT molecular complexity index is 3160. The molecule has 16 heteroatoms. The molecule has 12 rings (SSSR count). The Hall–Kier alpha value is -8.79. The molecule has 6 aromatic rings. The molecule has 394 valence electrons. The summed E-state index contributed by atoms with van der Waals surface area (Å²) in [6.07, 6.45) is 7.83. The number of amides is 8. The third-order valence-electron chi connectivity index (χ3n) is 15.4. The highest BCUT2D eigenvalue weighted by molar-refractivity contribution is 6.25. The first-order chi connectivity index (χ1) is 37.2. The molecule has 77 heavy (non-hydrogen) atoms. The van der Waals surface area contributed by atoms with Crippen molar-refractivity contribution in [2.45, 2.75) is 70.9 Å². The second-order valence-electron chi connectivity index (χ2n) is 21.3. The first-order valence-corrected chi connectivity index (χ1v) is 26.4. The third-order valence-corrected chi connectivity index (χ3v) is 15.4. The fourth-order valence-electron chi connectivity index (χ4n) is 12.4. The van der Waals surface area contributed by atoms with Gasteiger partial charge in [-0.1, -0.05) is 98.8 Å². The van der Waals surface area contributed by atoms with Crippen LogP contribution in [0.5, 0.6) is 0 Å². The van der Waals surface area contributed by atoms with Crippen LogP contribution in [0.25, 0.3) is 0 Å². The number of aromatic carboxylic acids is 1. The number of nitrogens with zero attached hydrogens (tertiary/aromatic N) is 4. The quantitative estimate of drug-likeness (QED) is 0.0745. The maximum atomic E-state index is 14.5. The number of anilines is 8. The first kappa shape index (κ1) is 51.7. The van der Waals surface area contributed by atoms with Crippen molar-refractivity contribution in [3.05, 3.63) is 169 Å². The maximum Gasteiger partial charge on any atom is 0.335 e. The summed E-state index contributed by atoms with van der Waals surface area (Å²) in [6, 6.07) is 43.5. The smallest absolute Gasteiger partial charge is 0.335 e.